The zero-order valence-electron chi connectivity index (χ0n) is 16.3. The number of carbonyl (C=O) groups is 2. The molecule has 1 aromatic heterocycles. The smallest absolute Gasteiger partial charge is 0.280 e. The summed E-state index contributed by atoms with van der Waals surface area (Å²) in [6.07, 6.45) is 1.56. The fourth-order valence-electron chi connectivity index (χ4n) is 2.81. The number of hydrogen-bond acceptors (Lipinski definition) is 5. The molecule has 0 saturated carbocycles. The molecule has 4 rings (SSSR count). The van der Waals surface area contributed by atoms with Gasteiger partial charge in [-0.25, -0.2) is 9.37 Å². The molecule has 3 aromatic carbocycles. The predicted molar refractivity (Wildman–Crippen MR) is 125 cm³/mol. The average molecular weight is 496 g/mol. The van der Waals surface area contributed by atoms with Gasteiger partial charge in [-0.15, -0.1) is 0 Å². The van der Waals surface area contributed by atoms with Gasteiger partial charge in [0, 0.05) is 15.6 Å². The first-order valence-electron chi connectivity index (χ1n) is 9.22. The van der Waals surface area contributed by atoms with E-state index < -0.39 is 5.91 Å². The standard InChI is InChI=1S/C23H15BrFN3O2S/c1-14(29)16-4-6-17(7-5-16)22(30)28(26-13-15-2-8-18(24)9-3-15)23-27-20-11-10-19(25)12-21(20)31-23/h2-13H,1H3/b26-13+. The van der Waals surface area contributed by atoms with E-state index in [9.17, 15) is 14.0 Å². The molecule has 5 nitrogen and oxygen atoms in total. The number of fused-ring (bicyclic) bond motifs is 1. The predicted octanol–water partition coefficient (Wildman–Crippen LogP) is 6.08. The van der Waals surface area contributed by atoms with Crippen molar-refractivity contribution in [1.29, 1.82) is 0 Å². The van der Waals surface area contributed by atoms with E-state index in [2.05, 4.69) is 26.0 Å². The maximum absolute atomic E-state index is 13.6. The van der Waals surface area contributed by atoms with Gasteiger partial charge in [0.2, 0.25) is 5.13 Å². The second-order valence-corrected chi connectivity index (χ2v) is 8.58. The Balaban J connectivity index is 1.74. The minimum absolute atomic E-state index is 0.0858. The van der Waals surface area contributed by atoms with Crippen molar-refractivity contribution >= 4 is 60.5 Å². The molecule has 0 fully saturated rings. The first-order chi connectivity index (χ1) is 14.9. The first-order valence-corrected chi connectivity index (χ1v) is 10.8. The highest BCUT2D eigenvalue weighted by Crippen LogP contribution is 2.30. The van der Waals surface area contributed by atoms with Gasteiger partial charge < -0.3 is 0 Å². The maximum atomic E-state index is 13.6. The van der Waals surface area contributed by atoms with Crippen molar-refractivity contribution in [2.24, 2.45) is 5.10 Å². The quantitative estimate of drug-likeness (QED) is 0.191. The van der Waals surface area contributed by atoms with Gasteiger partial charge in [-0.3, -0.25) is 9.59 Å². The van der Waals surface area contributed by atoms with Gasteiger partial charge >= 0.3 is 0 Å². The molecule has 0 unspecified atom stereocenters. The zero-order valence-corrected chi connectivity index (χ0v) is 18.7. The Morgan fingerprint density at radius 1 is 1.03 bits per heavy atom. The van der Waals surface area contributed by atoms with Crippen LogP contribution >= 0.6 is 27.3 Å². The number of anilines is 1. The molecule has 0 aliphatic heterocycles. The first kappa shape index (κ1) is 21.0. The lowest BCUT2D eigenvalue weighted by Crippen LogP contribution is -2.25. The molecule has 1 amide bonds. The summed E-state index contributed by atoms with van der Waals surface area (Å²) < 4.78 is 15.1. The van der Waals surface area contributed by atoms with Crippen LogP contribution < -0.4 is 5.01 Å². The number of hydrazone groups is 1. The van der Waals surface area contributed by atoms with E-state index in [1.165, 1.54) is 35.4 Å². The molecule has 4 aromatic rings. The molecule has 0 bridgehead atoms. The highest BCUT2D eigenvalue weighted by molar-refractivity contribution is 9.10. The second kappa shape index (κ2) is 8.87. The summed E-state index contributed by atoms with van der Waals surface area (Å²) in [6, 6.07) is 18.1. The lowest BCUT2D eigenvalue weighted by atomic mass is 10.1. The van der Waals surface area contributed by atoms with Gasteiger partial charge in [0.1, 0.15) is 5.82 Å². The molecule has 31 heavy (non-hydrogen) atoms. The summed E-state index contributed by atoms with van der Waals surface area (Å²) in [7, 11) is 0. The lowest BCUT2D eigenvalue weighted by Gasteiger charge is -2.14. The number of halogens is 2. The van der Waals surface area contributed by atoms with Crippen LogP contribution in [-0.4, -0.2) is 22.9 Å². The second-order valence-electron chi connectivity index (χ2n) is 6.66. The van der Waals surface area contributed by atoms with Crippen LogP contribution in [0.5, 0.6) is 0 Å². The molecule has 1 heterocycles. The van der Waals surface area contributed by atoms with Gasteiger partial charge in [-0.1, -0.05) is 51.5 Å². The number of rotatable bonds is 5. The highest BCUT2D eigenvalue weighted by Gasteiger charge is 2.21. The molecule has 154 valence electrons. The van der Waals surface area contributed by atoms with Gasteiger partial charge in [0.05, 0.1) is 16.4 Å². The Morgan fingerprint density at radius 3 is 2.39 bits per heavy atom. The molecule has 0 saturated heterocycles. The Bertz CT molecular complexity index is 1300. The molecule has 0 N–H and O–H groups in total. The molecule has 0 aliphatic carbocycles. The van der Waals surface area contributed by atoms with Crippen molar-refractivity contribution in [3.05, 3.63) is 93.7 Å². The summed E-state index contributed by atoms with van der Waals surface area (Å²) in [5, 5.41) is 5.88. The maximum Gasteiger partial charge on any atom is 0.280 e. The molecular formula is C23H15BrFN3O2S. The van der Waals surface area contributed by atoms with Crippen LogP contribution in [0.1, 0.15) is 33.2 Å². The van der Waals surface area contributed by atoms with E-state index in [0.717, 1.165) is 10.0 Å². The molecular weight excluding hydrogens is 481 g/mol. The van der Waals surface area contributed by atoms with Crippen molar-refractivity contribution in [1.82, 2.24) is 4.98 Å². The number of Topliss-reactive ketones (excluding diaryl/α,β-unsaturated/α-hetero) is 1. The van der Waals surface area contributed by atoms with Crippen molar-refractivity contribution in [2.75, 3.05) is 5.01 Å². The van der Waals surface area contributed by atoms with Crippen molar-refractivity contribution in [3.63, 3.8) is 0 Å². The van der Waals surface area contributed by atoms with Crippen LogP contribution in [0.2, 0.25) is 0 Å². The van der Waals surface area contributed by atoms with Crippen LogP contribution in [0, 0.1) is 5.82 Å². The fraction of sp³-hybridized carbons (Fsp3) is 0.0435. The Labute approximate surface area is 190 Å². The number of carbonyl (C=O) groups excluding carboxylic acids is 2. The van der Waals surface area contributed by atoms with E-state index in [1.807, 2.05) is 24.3 Å². The lowest BCUT2D eigenvalue weighted by molar-refractivity contribution is 0.0983. The zero-order chi connectivity index (χ0) is 22.0. The van der Waals surface area contributed by atoms with Crippen molar-refractivity contribution in [2.45, 2.75) is 6.92 Å². The number of benzene rings is 3. The van der Waals surface area contributed by atoms with Crippen molar-refractivity contribution in [3.8, 4) is 0 Å². The third-order valence-electron chi connectivity index (χ3n) is 4.44. The Morgan fingerprint density at radius 2 is 1.71 bits per heavy atom. The summed E-state index contributed by atoms with van der Waals surface area (Å²) in [6.45, 7) is 1.46. The topological polar surface area (TPSA) is 62.6 Å². The van der Waals surface area contributed by atoms with Crippen molar-refractivity contribution < 1.29 is 14.0 Å². The van der Waals surface area contributed by atoms with Crippen LogP contribution in [0.15, 0.2) is 76.3 Å². The van der Waals surface area contributed by atoms with E-state index in [0.29, 0.717) is 26.5 Å². The Kier molecular flexibility index (Phi) is 6.01. The number of nitrogens with zero attached hydrogens (tertiary/aromatic N) is 3. The number of amides is 1. The molecule has 0 aliphatic rings. The van der Waals surface area contributed by atoms with Gasteiger partial charge in [-0.05, 0) is 55.0 Å². The van der Waals surface area contributed by atoms with Gasteiger partial charge in [-0.2, -0.15) is 10.1 Å². The monoisotopic (exact) mass is 495 g/mol. The average Bonchev–Trinajstić information content (AvgIpc) is 3.17. The van der Waals surface area contributed by atoms with Gasteiger partial charge in [0.15, 0.2) is 5.78 Å². The minimum Gasteiger partial charge on any atom is -0.295 e. The van der Waals surface area contributed by atoms with E-state index in [-0.39, 0.29) is 11.6 Å². The minimum atomic E-state index is -0.414. The fourth-order valence-corrected chi connectivity index (χ4v) is 4.02. The third-order valence-corrected chi connectivity index (χ3v) is 5.97. The molecule has 0 radical (unpaired) electrons. The third kappa shape index (κ3) is 4.76. The summed E-state index contributed by atoms with van der Waals surface area (Å²) in [5.41, 5.74) is 2.23. The van der Waals surface area contributed by atoms with E-state index >= 15 is 0 Å². The number of aromatic nitrogens is 1. The van der Waals surface area contributed by atoms with E-state index in [1.54, 1.807) is 36.5 Å². The normalized spacial score (nSPS) is 11.2. The summed E-state index contributed by atoms with van der Waals surface area (Å²) >= 11 is 4.55. The number of hydrogen-bond donors (Lipinski definition) is 0. The largest absolute Gasteiger partial charge is 0.295 e. The van der Waals surface area contributed by atoms with Crippen LogP contribution in [0.3, 0.4) is 0 Å². The molecule has 8 heteroatoms. The summed E-state index contributed by atoms with van der Waals surface area (Å²) in [4.78, 5) is 29.2. The van der Waals surface area contributed by atoms with Crippen LogP contribution in [0.25, 0.3) is 10.2 Å². The SMILES string of the molecule is CC(=O)c1ccc(C(=O)N(/N=C/c2ccc(Br)cc2)c2nc3ccc(F)cc3s2)cc1. The highest BCUT2D eigenvalue weighted by atomic mass is 79.9. The Hall–Kier alpha value is -3.23. The summed E-state index contributed by atoms with van der Waals surface area (Å²) in [5.74, 6) is -0.876. The number of thiazole rings is 1. The number of ketones is 1. The van der Waals surface area contributed by atoms with Crippen LogP contribution in [0.4, 0.5) is 9.52 Å². The van der Waals surface area contributed by atoms with Gasteiger partial charge in [0.25, 0.3) is 5.91 Å². The molecule has 0 spiro atoms. The molecule has 0 atom stereocenters. The van der Waals surface area contributed by atoms with Crippen LogP contribution in [-0.2, 0) is 0 Å². The van der Waals surface area contributed by atoms with E-state index in [4.69, 9.17) is 0 Å².